The second-order valence-electron chi connectivity index (χ2n) is 17.8. The first kappa shape index (κ1) is 60.1. The van der Waals surface area contributed by atoms with Crippen molar-refractivity contribution >= 4 is 17.9 Å². The van der Waals surface area contributed by atoms with Crippen molar-refractivity contribution in [2.75, 3.05) is 13.2 Å². The van der Waals surface area contributed by atoms with Gasteiger partial charge in [0.25, 0.3) is 0 Å². The van der Waals surface area contributed by atoms with E-state index in [1.807, 2.05) is 0 Å². The van der Waals surface area contributed by atoms with Gasteiger partial charge < -0.3 is 14.2 Å². The van der Waals surface area contributed by atoms with Gasteiger partial charge in [0.1, 0.15) is 13.2 Å². The number of esters is 3. The first-order valence-corrected chi connectivity index (χ1v) is 26.8. The normalized spacial score (nSPS) is 12.5. The molecule has 1 unspecified atom stereocenters. The van der Waals surface area contributed by atoms with Gasteiger partial charge in [0, 0.05) is 19.3 Å². The maximum absolute atomic E-state index is 12.7. The molecule has 1 atom stereocenters. The predicted molar refractivity (Wildman–Crippen MR) is 270 cm³/mol. The molecule has 63 heavy (non-hydrogen) atoms. The first-order valence-electron chi connectivity index (χ1n) is 26.8. The molecule has 0 fully saturated rings. The fraction of sp³-hybridized carbons (Fsp3) is 0.772. The van der Waals surface area contributed by atoms with Crippen LogP contribution in [0, 0.1) is 0 Å². The highest BCUT2D eigenvalue weighted by Crippen LogP contribution is 2.15. The molecule has 0 radical (unpaired) electrons. The van der Waals surface area contributed by atoms with Crippen molar-refractivity contribution in [3.63, 3.8) is 0 Å². The molecular weight excluding hydrogens is 781 g/mol. The van der Waals surface area contributed by atoms with E-state index in [0.717, 1.165) is 89.9 Å². The lowest BCUT2D eigenvalue weighted by atomic mass is 10.0. The number of carbonyl (C=O) groups is 3. The van der Waals surface area contributed by atoms with Crippen LogP contribution in [0.1, 0.15) is 265 Å². The number of rotatable bonds is 48. The van der Waals surface area contributed by atoms with Crippen molar-refractivity contribution in [3.05, 3.63) is 60.8 Å². The maximum Gasteiger partial charge on any atom is 0.306 e. The third-order valence-electron chi connectivity index (χ3n) is 11.5. The Morgan fingerprint density at radius 1 is 0.333 bits per heavy atom. The van der Waals surface area contributed by atoms with Crippen LogP contribution in [0.2, 0.25) is 0 Å². The minimum absolute atomic E-state index is 0.0709. The summed E-state index contributed by atoms with van der Waals surface area (Å²) < 4.78 is 16.7. The Kier molecular flexibility index (Phi) is 49.4. The van der Waals surface area contributed by atoms with Gasteiger partial charge in [-0.15, -0.1) is 0 Å². The fourth-order valence-electron chi connectivity index (χ4n) is 7.53. The van der Waals surface area contributed by atoms with Gasteiger partial charge in [-0.05, 0) is 64.2 Å². The van der Waals surface area contributed by atoms with Gasteiger partial charge in [0.2, 0.25) is 0 Å². The summed E-state index contributed by atoms with van der Waals surface area (Å²) in [5.74, 6) is -0.876. The van der Waals surface area contributed by atoms with E-state index in [1.54, 1.807) is 0 Å². The van der Waals surface area contributed by atoms with Crippen LogP contribution in [-0.4, -0.2) is 37.2 Å². The van der Waals surface area contributed by atoms with Crippen LogP contribution in [0.5, 0.6) is 0 Å². The molecule has 0 aliphatic heterocycles. The van der Waals surface area contributed by atoms with Gasteiger partial charge >= 0.3 is 17.9 Å². The lowest BCUT2D eigenvalue weighted by molar-refractivity contribution is -0.167. The zero-order valence-corrected chi connectivity index (χ0v) is 41.6. The zero-order chi connectivity index (χ0) is 45.8. The molecule has 6 nitrogen and oxygen atoms in total. The van der Waals surface area contributed by atoms with Crippen LogP contribution in [0.3, 0.4) is 0 Å². The Morgan fingerprint density at radius 3 is 0.968 bits per heavy atom. The Hall–Kier alpha value is -2.89. The monoisotopic (exact) mass is 881 g/mol. The number of hydrogen-bond donors (Lipinski definition) is 0. The minimum atomic E-state index is -0.766. The summed E-state index contributed by atoms with van der Waals surface area (Å²) in [6.45, 7) is 6.47. The number of unbranched alkanes of at least 4 members (excludes halogenated alkanes) is 27. The lowest BCUT2D eigenvalue weighted by Gasteiger charge is -2.18. The van der Waals surface area contributed by atoms with E-state index in [9.17, 15) is 14.4 Å². The van der Waals surface area contributed by atoms with Gasteiger partial charge in [0.05, 0.1) is 0 Å². The van der Waals surface area contributed by atoms with Crippen molar-refractivity contribution in [2.24, 2.45) is 0 Å². The Morgan fingerprint density at radius 2 is 0.619 bits per heavy atom. The van der Waals surface area contributed by atoms with E-state index in [0.29, 0.717) is 19.3 Å². The number of hydrogen-bond acceptors (Lipinski definition) is 6. The number of allylic oxidation sites excluding steroid dienone is 10. The Bertz CT molecular complexity index is 1150. The van der Waals surface area contributed by atoms with Crippen molar-refractivity contribution in [3.8, 4) is 0 Å². The van der Waals surface area contributed by atoms with E-state index in [2.05, 4.69) is 81.5 Å². The second-order valence-corrected chi connectivity index (χ2v) is 17.8. The van der Waals surface area contributed by atoms with Gasteiger partial charge in [0.15, 0.2) is 6.10 Å². The van der Waals surface area contributed by atoms with E-state index in [-0.39, 0.29) is 31.1 Å². The fourth-order valence-corrected chi connectivity index (χ4v) is 7.53. The van der Waals surface area contributed by atoms with E-state index in [4.69, 9.17) is 14.2 Å². The standard InChI is InChI=1S/C57H100O6/c1-4-7-10-13-16-18-19-20-21-22-23-24-25-26-27-28-29-30-31-32-33-34-35-36-37-39-41-44-47-50-56(59)62-53-54(52-61-55(58)49-46-43-40-15-12-9-6-3)63-57(60)51-48-45-42-38-17-14-11-8-5-2/h7,10,16,18,20-21,23-24,26-27,54H,4-6,8-9,11-15,17,19,22,25,28-53H2,1-3H3/b10-7-,18-16-,21-20-,24-23-,27-26-. The first-order chi connectivity index (χ1) is 31.0. The summed E-state index contributed by atoms with van der Waals surface area (Å²) in [5.41, 5.74) is 0. The molecule has 0 amide bonds. The molecule has 0 spiro atoms. The molecule has 0 bridgehead atoms. The summed E-state index contributed by atoms with van der Waals surface area (Å²) in [5, 5.41) is 0. The lowest BCUT2D eigenvalue weighted by Crippen LogP contribution is -2.30. The average Bonchev–Trinajstić information content (AvgIpc) is 3.28. The Labute approximate surface area is 390 Å². The number of ether oxygens (including phenoxy) is 3. The molecule has 0 aromatic rings. The predicted octanol–water partition coefficient (Wildman–Crippen LogP) is 17.6. The minimum Gasteiger partial charge on any atom is -0.462 e. The van der Waals surface area contributed by atoms with Crippen LogP contribution < -0.4 is 0 Å². The summed E-state index contributed by atoms with van der Waals surface area (Å²) in [6.07, 6.45) is 63.9. The smallest absolute Gasteiger partial charge is 0.306 e. The van der Waals surface area contributed by atoms with Crippen LogP contribution in [0.15, 0.2) is 60.8 Å². The molecule has 0 aliphatic rings. The van der Waals surface area contributed by atoms with Crippen molar-refractivity contribution in [1.82, 2.24) is 0 Å². The second kappa shape index (κ2) is 51.7. The van der Waals surface area contributed by atoms with Crippen molar-refractivity contribution in [1.29, 1.82) is 0 Å². The molecule has 6 heteroatoms. The third kappa shape index (κ3) is 50.0. The number of carbonyl (C=O) groups excluding carboxylic acids is 3. The molecule has 0 heterocycles. The quantitative estimate of drug-likeness (QED) is 0.0262. The molecule has 0 aliphatic carbocycles. The van der Waals surface area contributed by atoms with Crippen molar-refractivity contribution in [2.45, 2.75) is 271 Å². The molecule has 0 saturated heterocycles. The van der Waals surface area contributed by atoms with Gasteiger partial charge in [-0.3, -0.25) is 14.4 Å². The van der Waals surface area contributed by atoms with Crippen LogP contribution in [0.4, 0.5) is 0 Å². The highest BCUT2D eigenvalue weighted by Gasteiger charge is 2.19. The highest BCUT2D eigenvalue weighted by atomic mass is 16.6. The average molecular weight is 881 g/mol. The van der Waals surface area contributed by atoms with Gasteiger partial charge in [-0.2, -0.15) is 0 Å². The van der Waals surface area contributed by atoms with E-state index < -0.39 is 6.10 Å². The van der Waals surface area contributed by atoms with Crippen molar-refractivity contribution < 1.29 is 28.6 Å². The molecule has 0 saturated carbocycles. The largest absolute Gasteiger partial charge is 0.462 e. The molecule has 364 valence electrons. The molecule has 0 aromatic heterocycles. The summed E-state index contributed by atoms with van der Waals surface area (Å²) in [7, 11) is 0. The van der Waals surface area contributed by atoms with E-state index >= 15 is 0 Å². The van der Waals surface area contributed by atoms with E-state index in [1.165, 1.54) is 135 Å². The van der Waals surface area contributed by atoms with Crippen LogP contribution in [0.25, 0.3) is 0 Å². The van der Waals surface area contributed by atoms with Crippen LogP contribution in [-0.2, 0) is 28.6 Å². The SMILES string of the molecule is CC/C=C\C/C=C\C/C=C\C/C=C\C/C=C\CCCCCCCCCCCCCCCC(=O)OCC(COC(=O)CCCCCCCCC)OC(=O)CCCCCCCCCCC. The maximum atomic E-state index is 12.7. The molecule has 0 rings (SSSR count). The molecule has 0 N–H and O–H groups in total. The van der Waals surface area contributed by atoms with Gasteiger partial charge in [-0.25, -0.2) is 0 Å². The highest BCUT2D eigenvalue weighted by molar-refractivity contribution is 5.71. The topological polar surface area (TPSA) is 78.9 Å². The Balaban J connectivity index is 4.00. The third-order valence-corrected chi connectivity index (χ3v) is 11.5. The van der Waals surface area contributed by atoms with Crippen LogP contribution >= 0.6 is 0 Å². The summed E-state index contributed by atoms with van der Waals surface area (Å²) >= 11 is 0. The summed E-state index contributed by atoms with van der Waals surface area (Å²) in [6, 6.07) is 0. The summed E-state index contributed by atoms with van der Waals surface area (Å²) in [4.78, 5) is 37.7. The van der Waals surface area contributed by atoms with Gasteiger partial charge in [-0.1, -0.05) is 242 Å². The molecular formula is C57H100O6. The zero-order valence-electron chi connectivity index (χ0n) is 41.6. The molecule has 0 aromatic carbocycles.